The quantitative estimate of drug-likeness (QED) is 0.476. The molecule has 0 aromatic carbocycles. The number of nitrogens with one attached hydrogen (secondary N) is 2. The van der Waals surface area contributed by atoms with Crippen LogP contribution in [0.15, 0.2) is 0 Å². The van der Waals surface area contributed by atoms with Crippen LogP contribution in [-0.4, -0.2) is 44.0 Å². The molecule has 0 saturated heterocycles. The lowest BCUT2D eigenvalue weighted by Crippen LogP contribution is -2.37. The van der Waals surface area contributed by atoms with Crippen LogP contribution in [0.4, 0.5) is 0 Å². The van der Waals surface area contributed by atoms with E-state index in [1.165, 1.54) is 0 Å². The zero-order chi connectivity index (χ0) is 11.8. The lowest BCUT2D eigenvalue weighted by molar-refractivity contribution is -0.129. The van der Waals surface area contributed by atoms with E-state index < -0.39 is 0 Å². The van der Waals surface area contributed by atoms with Gasteiger partial charge in [0.15, 0.2) is 0 Å². The molecule has 0 aromatic heterocycles. The Morgan fingerprint density at radius 2 is 1.67 bits per heavy atom. The van der Waals surface area contributed by atoms with Crippen molar-refractivity contribution in [3.63, 3.8) is 0 Å². The van der Waals surface area contributed by atoms with Crippen LogP contribution in [0.2, 0.25) is 0 Å². The van der Waals surface area contributed by atoms with Gasteiger partial charge >= 0.3 is 0 Å². The van der Waals surface area contributed by atoms with E-state index in [2.05, 4.69) is 10.6 Å². The molecule has 0 unspecified atom stereocenters. The number of amides is 2. The Morgan fingerprint density at radius 3 is 2.13 bits per heavy atom. The lowest BCUT2D eigenvalue weighted by Gasteiger charge is -2.11. The molecule has 5 heteroatoms. The lowest BCUT2D eigenvalue weighted by atomic mass is 10.2. The second-order valence-corrected chi connectivity index (χ2v) is 4.21. The Hall–Kier alpha value is -1.10. The summed E-state index contributed by atoms with van der Waals surface area (Å²) in [6.45, 7) is 5.08. The van der Waals surface area contributed by atoms with Crippen LogP contribution in [0.1, 0.15) is 20.3 Å². The van der Waals surface area contributed by atoms with Crippen molar-refractivity contribution in [3.05, 3.63) is 0 Å². The molecular weight excluding hydrogens is 194 g/mol. The normalized spacial score (nSPS) is 10.5. The molecule has 15 heavy (non-hydrogen) atoms. The van der Waals surface area contributed by atoms with Gasteiger partial charge in [-0.3, -0.25) is 14.5 Å². The maximum atomic E-state index is 11.2. The smallest absolute Gasteiger partial charge is 0.230 e. The number of carbonyl (C=O) groups is 2. The largest absolute Gasteiger partial charge is 0.355 e. The standard InChI is InChI=1S/C10H21N3O2/c1-8(2)6-11-9(14)5-10(15)12-7-13(3)4/h8H,5-7H2,1-4H3,(H,11,14)(H,12,15). The Labute approximate surface area is 91.2 Å². The summed E-state index contributed by atoms with van der Waals surface area (Å²) in [4.78, 5) is 24.2. The summed E-state index contributed by atoms with van der Waals surface area (Å²) in [6.07, 6.45) is -0.0967. The fourth-order valence-electron chi connectivity index (χ4n) is 0.835. The fraction of sp³-hybridized carbons (Fsp3) is 0.800. The van der Waals surface area contributed by atoms with Gasteiger partial charge in [0.2, 0.25) is 11.8 Å². The Kier molecular flexibility index (Phi) is 6.70. The first-order valence-corrected chi connectivity index (χ1v) is 5.10. The van der Waals surface area contributed by atoms with Crippen molar-refractivity contribution < 1.29 is 9.59 Å². The topological polar surface area (TPSA) is 61.4 Å². The summed E-state index contributed by atoms with van der Waals surface area (Å²) >= 11 is 0. The van der Waals surface area contributed by atoms with Crippen molar-refractivity contribution in [2.24, 2.45) is 5.92 Å². The number of rotatable bonds is 6. The van der Waals surface area contributed by atoms with E-state index in [1.807, 2.05) is 32.8 Å². The van der Waals surface area contributed by atoms with Gasteiger partial charge in [-0.1, -0.05) is 13.8 Å². The molecule has 0 spiro atoms. The van der Waals surface area contributed by atoms with Crippen LogP contribution in [0, 0.1) is 5.92 Å². The third kappa shape index (κ3) is 9.21. The molecule has 88 valence electrons. The highest BCUT2D eigenvalue weighted by Crippen LogP contribution is 1.88. The van der Waals surface area contributed by atoms with E-state index in [-0.39, 0.29) is 18.2 Å². The first-order valence-electron chi connectivity index (χ1n) is 5.10. The summed E-state index contributed by atoms with van der Waals surface area (Å²) in [6, 6.07) is 0. The Balaban J connectivity index is 3.63. The molecule has 0 heterocycles. The van der Waals surface area contributed by atoms with Gasteiger partial charge in [-0.25, -0.2) is 0 Å². The second kappa shape index (κ2) is 7.23. The van der Waals surface area contributed by atoms with E-state index >= 15 is 0 Å². The van der Waals surface area contributed by atoms with Gasteiger partial charge in [0.25, 0.3) is 0 Å². The summed E-state index contributed by atoms with van der Waals surface area (Å²) in [7, 11) is 3.69. The molecule has 0 aliphatic rings. The zero-order valence-corrected chi connectivity index (χ0v) is 9.96. The molecular formula is C10H21N3O2. The molecule has 0 atom stereocenters. The third-order valence-electron chi connectivity index (χ3n) is 1.62. The molecule has 0 radical (unpaired) electrons. The van der Waals surface area contributed by atoms with E-state index in [0.717, 1.165) is 0 Å². The van der Waals surface area contributed by atoms with E-state index in [9.17, 15) is 9.59 Å². The van der Waals surface area contributed by atoms with Gasteiger partial charge in [-0.15, -0.1) is 0 Å². The van der Waals surface area contributed by atoms with Crippen LogP contribution in [0.5, 0.6) is 0 Å². The van der Waals surface area contributed by atoms with Crippen molar-refractivity contribution in [2.75, 3.05) is 27.3 Å². The molecule has 0 bridgehead atoms. The predicted octanol–water partition coefficient (Wildman–Crippen LogP) is -0.216. The predicted molar refractivity (Wildman–Crippen MR) is 59.2 cm³/mol. The number of nitrogens with zero attached hydrogens (tertiary/aromatic N) is 1. The summed E-state index contributed by atoms with van der Waals surface area (Å²) < 4.78 is 0. The van der Waals surface area contributed by atoms with Crippen molar-refractivity contribution >= 4 is 11.8 Å². The summed E-state index contributed by atoms with van der Waals surface area (Å²) in [5, 5.41) is 5.31. The first kappa shape index (κ1) is 13.9. The summed E-state index contributed by atoms with van der Waals surface area (Å²) in [5.74, 6) is -0.0660. The first-order chi connectivity index (χ1) is 6.91. The van der Waals surface area contributed by atoms with Crippen LogP contribution in [0.3, 0.4) is 0 Å². The minimum absolute atomic E-state index is 0.0967. The molecule has 5 nitrogen and oxygen atoms in total. The maximum absolute atomic E-state index is 11.2. The molecule has 0 fully saturated rings. The molecule has 2 N–H and O–H groups in total. The molecule has 0 rings (SSSR count). The highest BCUT2D eigenvalue weighted by molar-refractivity contribution is 5.96. The van der Waals surface area contributed by atoms with E-state index in [0.29, 0.717) is 19.1 Å². The monoisotopic (exact) mass is 215 g/mol. The molecule has 0 aliphatic heterocycles. The summed E-state index contributed by atoms with van der Waals surface area (Å²) in [5.41, 5.74) is 0. The van der Waals surface area contributed by atoms with Gasteiger partial charge in [0, 0.05) is 6.54 Å². The van der Waals surface area contributed by atoms with Crippen LogP contribution >= 0.6 is 0 Å². The van der Waals surface area contributed by atoms with Gasteiger partial charge in [0.05, 0.1) is 6.67 Å². The number of hydrogen-bond donors (Lipinski definition) is 2. The average molecular weight is 215 g/mol. The number of carbonyl (C=O) groups excluding carboxylic acids is 2. The Morgan fingerprint density at radius 1 is 1.13 bits per heavy atom. The average Bonchev–Trinajstić information content (AvgIpc) is 2.11. The molecule has 0 saturated carbocycles. The van der Waals surface area contributed by atoms with E-state index in [4.69, 9.17) is 0 Å². The minimum atomic E-state index is -0.245. The van der Waals surface area contributed by atoms with Gasteiger partial charge < -0.3 is 10.6 Å². The van der Waals surface area contributed by atoms with Crippen molar-refractivity contribution in [1.29, 1.82) is 0 Å². The minimum Gasteiger partial charge on any atom is -0.355 e. The molecule has 0 aromatic rings. The fourth-order valence-corrected chi connectivity index (χ4v) is 0.835. The van der Waals surface area contributed by atoms with Crippen LogP contribution in [0.25, 0.3) is 0 Å². The van der Waals surface area contributed by atoms with Gasteiger partial charge in [-0.2, -0.15) is 0 Å². The van der Waals surface area contributed by atoms with Gasteiger partial charge in [0.1, 0.15) is 6.42 Å². The maximum Gasteiger partial charge on any atom is 0.230 e. The molecule has 2 amide bonds. The van der Waals surface area contributed by atoms with Crippen LogP contribution < -0.4 is 10.6 Å². The van der Waals surface area contributed by atoms with Crippen molar-refractivity contribution in [2.45, 2.75) is 20.3 Å². The molecule has 0 aliphatic carbocycles. The second-order valence-electron chi connectivity index (χ2n) is 4.21. The van der Waals surface area contributed by atoms with Crippen molar-refractivity contribution in [1.82, 2.24) is 15.5 Å². The third-order valence-corrected chi connectivity index (χ3v) is 1.62. The highest BCUT2D eigenvalue weighted by Gasteiger charge is 2.08. The van der Waals surface area contributed by atoms with E-state index in [1.54, 1.807) is 0 Å². The SMILES string of the molecule is CC(C)CNC(=O)CC(=O)NCN(C)C. The number of hydrogen-bond acceptors (Lipinski definition) is 3. The zero-order valence-electron chi connectivity index (χ0n) is 9.96. The highest BCUT2D eigenvalue weighted by atomic mass is 16.2. The van der Waals surface area contributed by atoms with Gasteiger partial charge in [-0.05, 0) is 20.0 Å². The van der Waals surface area contributed by atoms with Crippen LogP contribution in [-0.2, 0) is 9.59 Å². The van der Waals surface area contributed by atoms with Crippen molar-refractivity contribution in [3.8, 4) is 0 Å². The Bertz CT molecular complexity index is 193.